The molecule has 28 heavy (non-hydrogen) atoms. The number of benzene rings is 2. The van der Waals surface area contributed by atoms with Crippen LogP contribution in [0.5, 0.6) is 11.5 Å². The SMILES string of the molecule is COc1cccc(CNC(=O)CCCCC(=O)NCc2cccc(OC)c2)c1. The third kappa shape index (κ3) is 7.70. The van der Waals surface area contributed by atoms with Gasteiger partial charge in [0.2, 0.25) is 11.8 Å². The van der Waals surface area contributed by atoms with Gasteiger partial charge in [0.05, 0.1) is 14.2 Å². The standard InChI is InChI=1S/C22H28N2O4/c1-27-19-9-5-7-17(13-19)15-23-21(25)11-3-4-12-22(26)24-16-18-8-6-10-20(14-18)28-2/h5-10,13-14H,3-4,11-12,15-16H2,1-2H3,(H,23,25)(H,24,26). The minimum Gasteiger partial charge on any atom is -0.497 e. The van der Waals surface area contributed by atoms with E-state index in [0.717, 1.165) is 22.6 Å². The molecule has 150 valence electrons. The van der Waals surface area contributed by atoms with Crippen LogP contribution in [0.3, 0.4) is 0 Å². The molecular weight excluding hydrogens is 356 g/mol. The van der Waals surface area contributed by atoms with E-state index in [1.807, 2.05) is 48.5 Å². The van der Waals surface area contributed by atoms with Crippen LogP contribution in [0.15, 0.2) is 48.5 Å². The van der Waals surface area contributed by atoms with Gasteiger partial charge in [-0.05, 0) is 48.2 Å². The van der Waals surface area contributed by atoms with Crippen molar-refractivity contribution in [3.05, 3.63) is 59.7 Å². The quantitative estimate of drug-likeness (QED) is 0.584. The Hall–Kier alpha value is -3.02. The van der Waals surface area contributed by atoms with E-state index in [2.05, 4.69) is 10.6 Å². The summed E-state index contributed by atoms with van der Waals surface area (Å²) in [7, 11) is 3.23. The van der Waals surface area contributed by atoms with E-state index < -0.39 is 0 Å². The predicted octanol–water partition coefficient (Wildman–Crippen LogP) is 3.20. The lowest BCUT2D eigenvalue weighted by Gasteiger charge is -2.08. The lowest BCUT2D eigenvalue weighted by atomic mass is 10.1. The first-order valence-corrected chi connectivity index (χ1v) is 9.40. The summed E-state index contributed by atoms with van der Waals surface area (Å²) in [6, 6.07) is 15.2. The van der Waals surface area contributed by atoms with Crippen LogP contribution in [-0.2, 0) is 22.7 Å². The molecule has 6 heteroatoms. The summed E-state index contributed by atoms with van der Waals surface area (Å²) in [4.78, 5) is 23.9. The van der Waals surface area contributed by atoms with Gasteiger partial charge in [0.15, 0.2) is 0 Å². The molecule has 0 aliphatic carbocycles. The predicted molar refractivity (Wildman–Crippen MR) is 108 cm³/mol. The molecule has 0 atom stereocenters. The number of rotatable bonds is 11. The molecule has 0 heterocycles. The summed E-state index contributed by atoms with van der Waals surface area (Å²) >= 11 is 0. The molecule has 0 unspecified atom stereocenters. The number of ether oxygens (including phenoxy) is 2. The van der Waals surface area contributed by atoms with E-state index >= 15 is 0 Å². The highest BCUT2D eigenvalue weighted by Crippen LogP contribution is 2.13. The normalized spacial score (nSPS) is 10.2. The summed E-state index contributed by atoms with van der Waals surface area (Å²) in [6.07, 6.45) is 2.17. The van der Waals surface area contributed by atoms with Gasteiger partial charge in [-0.15, -0.1) is 0 Å². The van der Waals surface area contributed by atoms with Crippen LogP contribution < -0.4 is 20.1 Å². The molecule has 2 aromatic rings. The second-order valence-corrected chi connectivity index (χ2v) is 6.46. The molecule has 0 fully saturated rings. The Balaban J connectivity index is 1.58. The smallest absolute Gasteiger partial charge is 0.220 e. The fourth-order valence-corrected chi connectivity index (χ4v) is 2.71. The molecule has 0 radical (unpaired) electrons. The van der Waals surface area contributed by atoms with Crippen molar-refractivity contribution in [2.75, 3.05) is 14.2 Å². The van der Waals surface area contributed by atoms with Gasteiger partial charge in [-0.3, -0.25) is 9.59 Å². The minimum atomic E-state index is -0.0143. The van der Waals surface area contributed by atoms with Crippen molar-refractivity contribution < 1.29 is 19.1 Å². The van der Waals surface area contributed by atoms with Crippen molar-refractivity contribution in [1.82, 2.24) is 10.6 Å². The number of carbonyl (C=O) groups is 2. The summed E-state index contributed by atoms with van der Waals surface area (Å²) < 4.78 is 10.3. The van der Waals surface area contributed by atoms with Gasteiger partial charge in [0.25, 0.3) is 0 Å². The van der Waals surface area contributed by atoms with Crippen LogP contribution in [0.1, 0.15) is 36.8 Å². The lowest BCUT2D eigenvalue weighted by molar-refractivity contribution is -0.123. The number of amides is 2. The van der Waals surface area contributed by atoms with Crippen LogP contribution in [0.4, 0.5) is 0 Å². The molecule has 0 aliphatic heterocycles. The first-order chi connectivity index (χ1) is 13.6. The van der Waals surface area contributed by atoms with Crippen LogP contribution >= 0.6 is 0 Å². The Labute approximate surface area is 166 Å². The lowest BCUT2D eigenvalue weighted by Crippen LogP contribution is -2.23. The Morgan fingerprint density at radius 2 is 1.18 bits per heavy atom. The highest BCUT2D eigenvalue weighted by atomic mass is 16.5. The zero-order chi connectivity index (χ0) is 20.2. The second-order valence-electron chi connectivity index (χ2n) is 6.46. The van der Waals surface area contributed by atoms with E-state index in [0.29, 0.717) is 38.8 Å². The van der Waals surface area contributed by atoms with Crippen molar-refractivity contribution >= 4 is 11.8 Å². The van der Waals surface area contributed by atoms with Crippen LogP contribution in [0.2, 0.25) is 0 Å². The zero-order valence-corrected chi connectivity index (χ0v) is 16.5. The van der Waals surface area contributed by atoms with Crippen LogP contribution in [-0.4, -0.2) is 26.0 Å². The molecule has 0 saturated carbocycles. The van der Waals surface area contributed by atoms with E-state index in [9.17, 15) is 9.59 Å². The van der Waals surface area contributed by atoms with Crippen molar-refractivity contribution in [3.8, 4) is 11.5 Å². The number of hydrogen-bond donors (Lipinski definition) is 2. The molecule has 6 nitrogen and oxygen atoms in total. The van der Waals surface area contributed by atoms with Crippen molar-refractivity contribution in [2.45, 2.75) is 38.8 Å². The molecule has 0 bridgehead atoms. The van der Waals surface area contributed by atoms with Gasteiger partial charge in [-0.2, -0.15) is 0 Å². The number of hydrogen-bond acceptors (Lipinski definition) is 4. The number of carbonyl (C=O) groups excluding carboxylic acids is 2. The van der Waals surface area contributed by atoms with Gasteiger partial charge in [0, 0.05) is 25.9 Å². The van der Waals surface area contributed by atoms with Gasteiger partial charge < -0.3 is 20.1 Å². The Morgan fingerprint density at radius 3 is 1.57 bits per heavy atom. The first-order valence-electron chi connectivity index (χ1n) is 9.40. The maximum atomic E-state index is 11.9. The first kappa shape index (κ1) is 21.3. The zero-order valence-electron chi connectivity index (χ0n) is 16.5. The molecule has 2 aromatic carbocycles. The van der Waals surface area contributed by atoms with E-state index in [1.165, 1.54) is 0 Å². The maximum Gasteiger partial charge on any atom is 0.220 e. The monoisotopic (exact) mass is 384 g/mol. The molecule has 2 rings (SSSR count). The second kappa shape index (κ2) is 11.6. The van der Waals surface area contributed by atoms with Gasteiger partial charge in [0.1, 0.15) is 11.5 Å². The number of unbranched alkanes of at least 4 members (excludes halogenated alkanes) is 1. The van der Waals surface area contributed by atoms with Crippen molar-refractivity contribution in [2.24, 2.45) is 0 Å². The molecule has 2 N–H and O–H groups in total. The molecular formula is C22H28N2O4. The summed E-state index contributed by atoms with van der Waals surface area (Å²) in [5.74, 6) is 1.51. The summed E-state index contributed by atoms with van der Waals surface area (Å²) in [5.41, 5.74) is 1.98. The van der Waals surface area contributed by atoms with E-state index in [1.54, 1.807) is 14.2 Å². The summed E-state index contributed by atoms with van der Waals surface area (Å²) in [5, 5.41) is 5.78. The molecule has 2 amide bonds. The topological polar surface area (TPSA) is 76.7 Å². The average molecular weight is 384 g/mol. The average Bonchev–Trinajstić information content (AvgIpc) is 2.74. The van der Waals surface area contributed by atoms with Crippen LogP contribution in [0.25, 0.3) is 0 Å². The Kier molecular flexibility index (Phi) is 8.85. The molecule has 0 aromatic heterocycles. The molecule has 0 saturated heterocycles. The minimum absolute atomic E-state index is 0.0143. The van der Waals surface area contributed by atoms with Gasteiger partial charge in [-0.25, -0.2) is 0 Å². The largest absolute Gasteiger partial charge is 0.497 e. The maximum absolute atomic E-state index is 11.9. The highest BCUT2D eigenvalue weighted by Gasteiger charge is 2.05. The van der Waals surface area contributed by atoms with E-state index in [-0.39, 0.29) is 11.8 Å². The van der Waals surface area contributed by atoms with E-state index in [4.69, 9.17) is 9.47 Å². The third-order valence-electron chi connectivity index (χ3n) is 4.31. The fraction of sp³-hybridized carbons (Fsp3) is 0.364. The number of nitrogens with one attached hydrogen (secondary N) is 2. The Bertz CT molecular complexity index is 711. The van der Waals surface area contributed by atoms with Gasteiger partial charge >= 0.3 is 0 Å². The number of methoxy groups -OCH3 is 2. The van der Waals surface area contributed by atoms with Crippen molar-refractivity contribution in [3.63, 3.8) is 0 Å². The highest BCUT2D eigenvalue weighted by molar-refractivity contribution is 5.77. The van der Waals surface area contributed by atoms with Crippen molar-refractivity contribution in [1.29, 1.82) is 0 Å². The van der Waals surface area contributed by atoms with Crippen LogP contribution in [0, 0.1) is 0 Å². The summed E-state index contributed by atoms with van der Waals surface area (Å²) in [6.45, 7) is 0.939. The Morgan fingerprint density at radius 1 is 0.750 bits per heavy atom. The fourth-order valence-electron chi connectivity index (χ4n) is 2.71. The third-order valence-corrected chi connectivity index (χ3v) is 4.31. The van der Waals surface area contributed by atoms with Gasteiger partial charge in [-0.1, -0.05) is 24.3 Å². The molecule has 0 spiro atoms. The molecule has 0 aliphatic rings.